The lowest BCUT2D eigenvalue weighted by Gasteiger charge is -2.20. The normalized spacial score (nSPS) is 10.9. The molecule has 0 amide bonds. The molecule has 92 valence electrons. The SMILES string of the molecule is CCN(CCCO)c1ccc2n[nH]c(=O)n2n1. The molecule has 2 N–H and O–H groups in total. The van der Waals surface area contributed by atoms with Crippen LogP contribution in [0.25, 0.3) is 5.65 Å². The summed E-state index contributed by atoms with van der Waals surface area (Å²) in [5.74, 6) is 0.706. The molecule has 0 spiro atoms. The van der Waals surface area contributed by atoms with Crippen LogP contribution >= 0.6 is 0 Å². The molecule has 0 fully saturated rings. The number of hydrogen-bond acceptors (Lipinski definition) is 5. The van der Waals surface area contributed by atoms with Crippen molar-refractivity contribution in [1.82, 2.24) is 19.8 Å². The fourth-order valence-corrected chi connectivity index (χ4v) is 1.66. The number of aromatic amines is 1. The smallest absolute Gasteiger partial charge is 0.364 e. The molecule has 0 saturated heterocycles. The lowest BCUT2D eigenvalue weighted by atomic mass is 10.3. The van der Waals surface area contributed by atoms with E-state index in [1.54, 1.807) is 6.07 Å². The molecule has 17 heavy (non-hydrogen) atoms. The molecule has 2 heterocycles. The van der Waals surface area contributed by atoms with Gasteiger partial charge < -0.3 is 10.0 Å². The van der Waals surface area contributed by atoms with Crippen LogP contribution in [0.3, 0.4) is 0 Å². The first-order chi connectivity index (χ1) is 8.26. The molecule has 0 unspecified atom stereocenters. The van der Waals surface area contributed by atoms with Crippen LogP contribution < -0.4 is 10.6 Å². The summed E-state index contributed by atoms with van der Waals surface area (Å²) in [7, 11) is 0. The van der Waals surface area contributed by atoms with E-state index < -0.39 is 0 Å². The van der Waals surface area contributed by atoms with E-state index in [0.717, 1.165) is 6.54 Å². The van der Waals surface area contributed by atoms with Crippen molar-refractivity contribution in [2.24, 2.45) is 0 Å². The third-order valence-electron chi connectivity index (χ3n) is 2.55. The maximum absolute atomic E-state index is 11.4. The van der Waals surface area contributed by atoms with Gasteiger partial charge in [-0.25, -0.2) is 9.89 Å². The van der Waals surface area contributed by atoms with Gasteiger partial charge in [0.2, 0.25) is 0 Å². The quantitative estimate of drug-likeness (QED) is 0.740. The van der Waals surface area contributed by atoms with Gasteiger partial charge in [-0.2, -0.15) is 9.61 Å². The largest absolute Gasteiger partial charge is 0.396 e. The highest BCUT2D eigenvalue weighted by atomic mass is 16.3. The molecule has 0 atom stereocenters. The van der Waals surface area contributed by atoms with Crippen molar-refractivity contribution in [2.45, 2.75) is 13.3 Å². The van der Waals surface area contributed by atoms with E-state index in [9.17, 15) is 4.79 Å². The summed E-state index contributed by atoms with van der Waals surface area (Å²) in [6.07, 6.45) is 0.674. The Morgan fingerprint density at radius 1 is 1.53 bits per heavy atom. The summed E-state index contributed by atoms with van der Waals surface area (Å²) in [6.45, 7) is 3.62. The average molecular weight is 237 g/mol. The number of aromatic nitrogens is 4. The molecule has 0 bridgehead atoms. The second-order valence-corrected chi connectivity index (χ2v) is 3.65. The summed E-state index contributed by atoms with van der Waals surface area (Å²) in [6, 6.07) is 3.55. The summed E-state index contributed by atoms with van der Waals surface area (Å²) >= 11 is 0. The highest BCUT2D eigenvalue weighted by Crippen LogP contribution is 2.10. The molecule has 0 aliphatic rings. The molecule has 2 aromatic heterocycles. The molecule has 0 aliphatic carbocycles. The van der Waals surface area contributed by atoms with E-state index in [2.05, 4.69) is 15.3 Å². The van der Waals surface area contributed by atoms with E-state index in [1.165, 1.54) is 4.52 Å². The Kier molecular flexibility index (Phi) is 3.38. The van der Waals surface area contributed by atoms with Gasteiger partial charge in [-0.05, 0) is 25.5 Å². The van der Waals surface area contributed by atoms with Crippen LogP contribution in [0, 0.1) is 0 Å². The Bertz CT molecular complexity index is 547. The van der Waals surface area contributed by atoms with E-state index >= 15 is 0 Å². The molecule has 0 radical (unpaired) electrons. The van der Waals surface area contributed by atoms with Crippen molar-refractivity contribution in [3.05, 3.63) is 22.6 Å². The van der Waals surface area contributed by atoms with E-state index in [4.69, 9.17) is 5.11 Å². The molecule has 2 rings (SSSR count). The Balaban J connectivity index is 2.33. The van der Waals surface area contributed by atoms with Gasteiger partial charge >= 0.3 is 5.69 Å². The summed E-state index contributed by atoms with van der Waals surface area (Å²) in [4.78, 5) is 13.4. The van der Waals surface area contributed by atoms with Crippen molar-refractivity contribution < 1.29 is 5.11 Å². The first kappa shape index (κ1) is 11.6. The van der Waals surface area contributed by atoms with Crippen molar-refractivity contribution in [1.29, 1.82) is 0 Å². The van der Waals surface area contributed by atoms with E-state index in [1.807, 2.05) is 17.9 Å². The number of anilines is 1. The standard InChI is InChI=1S/C10H15N5O2/c1-2-14(6-3-7-16)9-5-4-8-11-12-10(17)15(8)13-9/h4-5,16H,2-3,6-7H2,1H3,(H,12,17). The summed E-state index contributed by atoms with van der Waals surface area (Å²) in [5, 5.41) is 19.2. The second-order valence-electron chi connectivity index (χ2n) is 3.65. The fourth-order valence-electron chi connectivity index (χ4n) is 1.66. The van der Waals surface area contributed by atoms with Crippen LogP contribution in [0.15, 0.2) is 16.9 Å². The van der Waals surface area contributed by atoms with Crippen LogP contribution in [0.5, 0.6) is 0 Å². The van der Waals surface area contributed by atoms with Crippen LogP contribution in [0.4, 0.5) is 5.82 Å². The van der Waals surface area contributed by atoms with Crippen molar-refractivity contribution in [2.75, 3.05) is 24.6 Å². The number of fused-ring (bicyclic) bond motifs is 1. The van der Waals surface area contributed by atoms with Gasteiger partial charge in [0.25, 0.3) is 0 Å². The summed E-state index contributed by atoms with van der Waals surface area (Å²) < 4.78 is 1.23. The number of aliphatic hydroxyl groups is 1. The molecular weight excluding hydrogens is 222 g/mol. The number of rotatable bonds is 5. The number of nitrogens with one attached hydrogen (secondary N) is 1. The molecule has 2 aromatic rings. The van der Waals surface area contributed by atoms with Gasteiger partial charge in [0, 0.05) is 19.7 Å². The van der Waals surface area contributed by atoms with Crippen LogP contribution in [0.2, 0.25) is 0 Å². The molecule has 0 aromatic carbocycles. The van der Waals surface area contributed by atoms with Gasteiger partial charge in [-0.1, -0.05) is 0 Å². The monoisotopic (exact) mass is 237 g/mol. The van der Waals surface area contributed by atoms with Crippen molar-refractivity contribution in [3.8, 4) is 0 Å². The topological polar surface area (TPSA) is 86.5 Å². The van der Waals surface area contributed by atoms with Gasteiger partial charge in [-0.15, -0.1) is 5.10 Å². The van der Waals surface area contributed by atoms with Gasteiger partial charge in [-0.3, -0.25) is 0 Å². The third-order valence-corrected chi connectivity index (χ3v) is 2.55. The average Bonchev–Trinajstić information content (AvgIpc) is 2.72. The minimum absolute atomic E-state index is 0.143. The zero-order chi connectivity index (χ0) is 12.3. The maximum Gasteiger partial charge on any atom is 0.364 e. The number of nitrogens with zero attached hydrogens (tertiary/aromatic N) is 4. The first-order valence-electron chi connectivity index (χ1n) is 5.56. The van der Waals surface area contributed by atoms with Gasteiger partial charge in [0.15, 0.2) is 5.65 Å². The first-order valence-corrected chi connectivity index (χ1v) is 5.56. The van der Waals surface area contributed by atoms with Gasteiger partial charge in [0.1, 0.15) is 5.82 Å². The number of H-pyrrole nitrogens is 1. The van der Waals surface area contributed by atoms with Crippen molar-refractivity contribution >= 4 is 11.5 Å². The highest BCUT2D eigenvalue weighted by Gasteiger charge is 2.08. The Morgan fingerprint density at radius 2 is 2.35 bits per heavy atom. The van der Waals surface area contributed by atoms with Crippen LogP contribution in [-0.4, -0.2) is 44.6 Å². The second kappa shape index (κ2) is 4.96. The Hall–Kier alpha value is -1.89. The minimum Gasteiger partial charge on any atom is -0.396 e. The zero-order valence-electron chi connectivity index (χ0n) is 9.63. The maximum atomic E-state index is 11.4. The number of aliphatic hydroxyl groups excluding tert-OH is 1. The van der Waals surface area contributed by atoms with E-state index in [0.29, 0.717) is 24.4 Å². The zero-order valence-corrected chi connectivity index (χ0v) is 9.63. The van der Waals surface area contributed by atoms with Gasteiger partial charge in [0.05, 0.1) is 0 Å². The molecule has 0 saturated carbocycles. The lowest BCUT2D eigenvalue weighted by Crippen LogP contribution is -2.27. The molecule has 7 nitrogen and oxygen atoms in total. The van der Waals surface area contributed by atoms with E-state index in [-0.39, 0.29) is 12.3 Å². The predicted molar refractivity (Wildman–Crippen MR) is 63.2 cm³/mol. The Morgan fingerprint density at radius 3 is 3.06 bits per heavy atom. The molecule has 7 heteroatoms. The minimum atomic E-state index is -0.347. The molecular formula is C10H15N5O2. The summed E-state index contributed by atoms with van der Waals surface area (Å²) in [5.41, 5.74) is 0.150. The lowest BCUT2D eigenvalue weighted by molar-refractivity contribution is 0.289. The number of hydrogen-bond donors (Lipinski definition) is 2. The molecule has 0 aliphatic heterocycles. The van der Waals surface area contributed by atoms with Crippen LogP contribution in [-0.2, 0) is 0 Å². The third kappa shape index (κ3) is 2.28. The van der Waals surface area contributed by atoms with Crippen molar-refractivity contribution in [3.63, 3.8) is 0 Å². The predicted octanol–water partition coefficient (Wildman–Crippen LogP) is -0.374. The highest BCUT2D eigenvalue weighted by molar-refractivity contribution is 5.44. The Labute approximate surface area is 97.7 Å². The van der Waals surface area contributed by atoms with Crippen LogP contribution in [0.1, 0.15) is 13.3 Å². The fraction of sp³-hybridized carbons (Fsp3) is 0.500.